The maximum atomic E-state index is 4.90. The molecule has 2 nitrogen and oxygen atoms in total. The molecule has 0 heterocycles. The molecule has 0 amide bonds. The summed E-state index contributed by atoms with van der Waals surface area (Å²) in [6.07, 6.45) is 0. The zero-order chi connectivity index (χ0) is 4.28. The van der Waals surface area contributed by atoms with Crippen molar-refractivity contribution in [2.24, 2.45) is 5.73 Å². The normalized spacial score (nSPS) is 5.50. The monoisotopic (exact) mass is 242 g/mol. The van der Waals surface area contributed by atoms with Crippen LogP contribution in [0.2, 0.25) is 0 Å². The van der Waals surface area contributed by atoms with E-state index in [-0.39, 0.29) is 37.7 Å². The summed E-state index contributed by atoms with van der Waals surface area (Å²) in [4.78, 5) is 0. The molecule has 0 aliphatic rings. The Bertz CT molecular complexity index is 48.8. The first-order valence-corrected chi connectivity index (χ1v) is 2.42. The van der Waals surface area contributed by atoms with Crippen LogP contribution in [-0.2, 0) is 0 Å². The molecular weight excluding hydrogens is 239 g/mol. The molecular formula is CH3CaIN2S+2. The van der Waals surface area contributed by atoms with Crippen molar-refractivity contribution < 1.29 is 0 Å². The third kappa shape index (κ3) is 9.19. The summed E-state index contributed by atoms with van der Waals surface area (Å²) in [6.45, 7) is 0. The molecule has 30 valence electrons. The summed E-state index contributed by atoms with van der Waals surface area (Å²) in [6, 6.07) is 0. The smallest absolute Gasteiger partial charge is 0.376 e. The summed E-state index contributed by atoms with van der Waals surface area (Å²) in [5.74, 6) is 0. The minimum atomic E-state index is 0. The molecule has 0 saturated heterocycles. The fourth-order valence-electron chi connectivity index (χ4n) is 0. The first-order chi connectivity index (χ1) is 2.27. The average Bonchev–Trinajstić information content (AvgIpc) is 1.38. The van der Waals surface area contributed by atoms with Gasteiger partial charge in [-0.25, -0.2) is 0 Å². The van der Waals surface area contributed by atoms with E-state index in [1.807, 2.05) is 22.9 Å². The Hall–Kier alpha value is 1.68. The zero-order valence-electron chi connectivity index (χ0n) is 3.07. The van der Waals surface area contributed by atoms with E-state index >= 15 is 0 Å². The van der Waals surface area contributed by atoms with Crippen LogP contribution in [0.15, 0.2) is 0 Å². The molecule has 0 atom stereocenters. The van der Waals surface area contributed by atoms with Crippen LogP contribution in [-0.4, -0.2) is 42.9 Å². The molecule has 0 spiro atoms. The third-order valence-electron chi connectivity index (χ3n) is 0.0931. The SMILES string of the molecule is NC(=S)NI.[Ca+2]. The molecule has 0 bridgehead atoms. The predicted molar refractivity (Wildman–Crippen MR) is 39.7 cm³/mol. The van der Waals surface area contributed by atoms with Crippen LogP contribution in [0.5, 0.6) is 0 Å². The second-order valence-electron chi connectivity index (χ2n) is 0.459. The van der Waals surface area contributed by atoms with E-state index in [0.717, 1.165) is 0 Å². The fraction of sp³-hybridized carbons (Fsp3) is 0. The van der Waals surface area contributed by atoms with Crippen LogP contribution < -0.4 is 9.26 Å². The van der Waals surface area contributed by atoms with Crippen molar-refractivity contribution in [1.29, 1.82) is 0 Å². The molecule has 0 radical (unpaired) electrons. The first kappa shape index (κ1) is 10.6. The van der Waals surface area contributed by atoms with Gasteiger partial charge in [0.15, 0.2) is 5.11 Å². The van der Waals surface area contributed by atoms with Gasteiger partial charge >= 0.3 is 37.7 Å². The third-order valence-corrected chi connectivity index (χ3v) is 1.14. The standard InChI is InChI=1S/CH3IN2S.Ca/c2-4-1(3)5;/h(H3,3,4,5);/q;+2. The van der Waals surface area contributed by atoms with Crippen LogP contribution in [0.25, 0.3) is 0 Å². The zero-order valence-corrected chi connectivity index (χ0v) is 8.25. The Morgan fingerprint density at radius 1 is 1.83 bits per heavy atom. The minimum absolute atomic E-state index is 0. The number of halogens is 1. The molecule has 0 aliphatic heterocycles. The van der Waals surface area contributed by atoms with Gasteiger partial charge in [-0.1, -0.05) is 0 Å². The molecule has 0 rings (SSSR count). The van der Waals surface area contributed by atoms with Gasteiger partial charge in [-0.3, -0.25) is 0 Å². The van der Waals surface area contributed by atoms with Gasteiger partial charge in [0, 0.05) is 0 Å². The van der Waals surface area contributed by atoms with Gasteiger partial charge in [-0.05, 0) is 12.2 Å². The van der Waals surface area contributed by atoms with E-state index in [4.69, 9.17) is 5.73 Å². The Morgan fingerprint density at radius 3 is 2.00 bits per heavy atom. The maximum Gasteiger partial charge on any atom is 2.00 e. The van der Waals surface area contributed by atoms with Crippen molar-refractivity contribution in [3.8, 4) is 0 Å². The molecule has 0 saturated carbocycles. The van der Waals surface area contributed by atoms with Crippen LogP contribution in [0.3, 0.4) is 0 Å². The second-order valence-corrected chi connectivity index (χ2v) is 1.44. The van der Waals surface area contributed by atoms with Gasteiger partial charge in [0.1, 0.15) is 0 Å². The van der Waals surface area contributed by atoms with E-state index in [2.05, 4.69) is 15.7 Å². The molecule has 0 aromatic rings. The van der Waals surface area contributed by atoms with E-state index in [9.17, 15) is 0 Å². The molecule has 5 heteroatoms. The fourth-order valence-corrected chi connectivity index (χ4v) is 0. The molecule has 6 heavy (non-hydrogen) atoms. The van der Waals surface area contributed by atoms with Crippen LogP contribution in [0, 0.1) is 0 Å². The summed E-state index contributed by atoms with van der Waals surface area (Å²) < 4.78 is 2.51. The van der Waals surface area contributed by atoms with Crippen LogP contribution in [0.4, 0.5) is 0 Å². The van der Waals surface area contributed by atoms with Gasteiger partial charge in [-0.15, -0.1) is 0 Å². The van der Waals surface area contributed by atoms with Crippen molar-refractivity contribution in [1.82, 2.24) is 3.53 Å². The van der Waals surface area contributed by atoms with E-state index in [1.165, 1.54) is 0 Å². The second kappa shape index (κ2) is 6.68. The minimum Gasteiger partial charge on any atom is -0.376 e. The van der Waals surface area contributed by atoms with Crippen molar-refractivity contribution in [2.45, 2.75) is 0 Å². The molecule has 0 unspecified atom stereocenters. The number of hydrogen-bond donors (Lipinski definition) is 2. The largest absolute Gasteiger partial charge is 2.00 e. The van der Waals surface area contributed by atoms with Gasteiger partial charge in [0.05, 0.1) is 22.9 Å². The molecule has 0 fully saturated rings. The van der Waals surface area contributed by atoms with Gasteiger partial charge < -0.3 is 9.26 Å². The van der Waals surface area contributed by atoms with Crippen molar-refractivity contribution in [3.05, 3.63) is 0 Å². The van der Waals surface area contributed by atoms with Crippen molar-refractivity contribution >= 4 is 77.9 Å². The quantitative estimate of drug-likeness (QED) is 0.267. The summed E-state index contributed by atoms with van der Waals surface area (Å²) in [5, 5.41) is 0.325. The average molecular weight is 242 g/mol. The molecule has 0 aromatic carbocycles. The van der Waals surface area contributed by atoms with E-state index in [1.54, 1.807) is 0 Å². The van der Waals surface area contributed by atoms with E-state index < -0.39 is 0 Å². The number of rotatable bonds is 0. The number of nitrogens with one attached hydrogen (secondary N) is 1. The number of nitrogens with two attached hydrogens (primary N) is 1. The Labute approximate surface area is 85.7 Å². The molecule has 0 aromatic heterocycles. The molecule has 0 aliphatic carbocycles. The Kier molecular flexibility index (Phi) is 11.8. The Balaban J connectivity index is 0. The van der Waals surface area contributed by atoms with Crippen molar-refractivity contribution in [2.75, 3.05) is 0 Å². The number of hydrogen-bond acceptors (Lipinski definition) is 1. The summed E-state index contributed by atoms with van der Waals surface area (Å²) in [7, 11) is 0. The topological polar surface area (TPSA) is 38.0 Å². The maximum absolute atomic E-state index is 4.90. The number of thiocarbonyl (C=S) groups is 1. The molecule has 3 N–H and O–H groups in total. The summed E-state index contributed by atoms with van der Waals surface area (Å²) >= 11 is 6.22. The van der Waals surface area contributed by atoms with Crippen LogP contribution in [0.1, 0.15) is 0 Å². The first-order valence-electron chi connectivity index (χ1n) is 0.932. The Morgan fingerprint density at radius 2 is 2.00 bits per heavy atom. The predicted octanol–water partition coefficient (Wildman–Crippen LogP) is -0.211. The van der Waals surface area contributed by atoms with Gasteiger partial charge in [0.25, 0.3) is 0 Å². The van der Waals surface area contributed by atoms with Crippen LogP contribution >= 0.6 is 35.1 Å². The summed E-state index contributed by atoms with van der Waals surface area (Å²) in [5.41, 5.74) is 4.90. The van der Waals surface area contributed by atoms with Gasteiger partial charge in [-0.2, -0.15) is 0 Å². The van der Waals surface area contributed by atoms with E-state index in [0.29, 0.717) is 5.11 Å². The van der Waals surface area contributed by atoms with Crippen molar-refractivity contribution in [3.63, 3.8) is 0 Å². The van der Waals surface area contributed by atoms with Gasteiger partial charge in [0.2, 0.25) is 0 Å².